The van der Waals surface area contributed by atoms with Crippen LogP contribution in [-0.2, 0) is 31.9 Å². The van der Waals surface area contributed by atoms with Gasteiger partial charge in [0.1, 0.15) is 17.5 Å². The van der Waals surface area contributed by atoms with E-state index in [9.17, 15) is 22.8 Å². The molecule has 218 valence electrons. The van der Waals surface area contributed by atoms with Crippen molar-refractivity contribution in [2.24, 2.45) is 0 Å². The predicted octanol–water partition coefficient (Wildman–Crippen LogP) is 3.09. The summed E-state index contributed by atoms with van der Waals surface area (Å²) in [4.78, 5) is 41.6. The van der Waals surface area contributed by atoms with Gasteiger partial charge in [0.25, 0.3) is 16.0 Å². The summed E-state index contributed by atoms with van der Waals surface area (Å²) in [5.41, 5.74) is 1.32. The molecular formula is C30H35N3O7S. The Labute approximate surface area is 239 Å². The molecule has 0 aromatic heterocycles. The monoisotopic (exact) mass is 581 g/mol. The Balaban J connectivity index is 1.58. The fourth-order valence-corrected chi connectivity index (χ4v) is 5.72. The Morgan fingerprint density at radius 1 is 1.05 bits per heavy atom. The molecule has 1 saturated heterocycles. The molecule has 0 radical (unpaired) electrons. The lowest BCUT2D eigenvalue weighted by Crippen LogP contribution is -2.50. The average molecular weight is 582 g/mol. The van der Waals surface area contributed by atoms with E-state index in [2.05, 4.69) is 10.6 Å². The standard InChI is InChI=1S/C30H35N3O7S/c1-3-40-26-15-14-23-8-4-5-9-24(23)28(26)30(36)32-25(17-21-10-12-22(13-11-21)19-41(37,38)39)29(35)31-18-27(34)33-16-6-7-20(33)2/h4-5,8-15,20,25H,3,6-7,16-19H2,1-2H3,(H,31,35)(H,32,36)(H,37,38,39)/t20?,25-/m0/s1. The second-order valence-electron chi connectivity index (χ2n) is 10.2. The number of benzene rings is 3. The van der Waals surface area contributed by atoms with Crippen molar-refractivity contribution in [2.75, 3.05) is 19.7 Å². The topological polar surface area (TPSA) is 142 Å². The van der Waals surface area contributed by atoms with Gasteiger partial charge in [-0.3, -0.25) is 18.9 Å². The molecule has 1 heterocycles. The number of fused-ring (bicyclic) bond motifs is 1. The van der Waals surface area contributed by atoms with Gasteiger partial charge in [0.15, 0.2) is 0 Å². The zero-order valence-corrected chi connectivity index (χ0v) is 23.9. The molecule has 41 heavy (non-hydrogen) atoms. The molecule has 3 amide bonds. The molecule has 11 heteroatoms. The molecule has 3 aromatic rings. The van der Waals surface area contributed by atoms with Crippen LogP contribution in [0.15, 0.2) is 60.7 Å². The second-order valence-corrected chi connectivity index (χ2v) is 11.6. The van der Waals surface area contributed by atoms with E-state index >= 15 is 0 Å². The normalized spacial score (nSPS) is 15.9. The number of nitrogens with zero attached hydrogens (tertiary/aromatic N) is 1. The van der Waals surface area contributed by atoms with Crippen LogP contribution in [0.5, 0.6) is 5.75 Å². The van der Waals surface area contributed by atoms with E-state index in [0.717, 1.165) is 18.2 Å². The summed E-state index contributed by atoms with van der Waals surface area (Å²) < 4.78 is 37.3. The van der Waals surface area contributed by atoms with E-state index in [-0.39, 0.29) is 24.9 Å². The molecule has 1 unspecified atom stereocenters. The number of carbonyl (C=O) groups is 3. The molecule has 2 atom stereocenters. The number of likely N-dealkylation sites (tertiary alicyclic amines) is 1. The number of rotatable bonds is 11. The van der Waals surface area contributed by atoms with Gasteiger partial charge in [-0.2, -0.15) is 8.42 Å². The summed E-state index contributed by atoms with van der Waals surface area (Å²) >= 11 is 0. The van der Waals surface area contributed by atoms with Crippen molar-refractivity contribution >= 4 is 38.6 Å². The Bertz CT molecular complexity index is 1520. The molecule has 1 aliphatic heterocycles. The molecule has 1 fully saturated rings. The second kappa shape index (κ2) is 13.1. The van der Waals surface area contributed by atoms with Crippen LogP contribution in [0.4, 0.5) is 0 Å². The summed E-state index contributed by atoms with van der Waals surface area (Å²) in [5.74, 6) is -1.37. The molecule has 4 rings (SSSR count). The Kier molecular flexibility index (Phi) is 9.61. The van der Waals surface area contributed by atoms with E-state index in [4.69, 9.17) is 9.29 Å². The van der Waals surface area contributed by atoms with E-state index in [1.165, 1.54) is 12.1 Å². The van der Waals surface area contributed by atoms with Gasteiger partial charge in [-0.25, -0.2) is 0 Å². The Morgan fingerprint density at radius 2 is 1.76 bits per heavy atom. The number of nitrogens with one attached hydrogen (secondary N) is 2. The molecule has 10 nitrogen and oxygen atoms in total. The zero-order valence-electron chi connectivity index (χ0n) is 23.1. The molecule has 3 aromatic carbocycles. The summed E-state index contributed by atoms with van der Waals surface area (Å²) in [5, 5.41) is 7.03. The first-order valence-corrected chi connectivity index (χ1v) is 15.2. The van der Waals surface area contributed by atoms with Crippen molar-refractivity contribution in [2.45, 2.75) is 50.9 Å². The molecule has 1 aliphatic rings. The van der Waals surface area contributed by atoms with Crippen LogP contribution in [0.3, 0.4) is 0 Å². The van der Waals surface area contributed by atoms with Crippen LogP contribution in [0.1, 0.15) is 48.2 Å². The fraction of sp³-hybridized carbons (Fsp3) is 0.367. The van der Waals surface area contributed by atoms with Crippen molar-refractivity contribution in [3.63, 3.8) is 0 Å². The first kappa shape index (κ1) is 30.0. The van der Waals surface area contributed by atoms with Crippen LogP contribution in [-0.4, -0.2) is 67.4 Å². The van der Waals surface area contributed by atoms with Crippen LogP contribution in [0, 0.1) is 0 Å². The maximum atomic E-state index is 13.7. The first-order chi connectivity index (χ1) is 19.6. The minimum absolute atomic E-state index is 0.0762. The maximum Gasteiger partial charge on any atom is 0.269 e. The lowest BCUT2D eigenvalue weighted by Gasteiger charge is -2.23. The SMILES string of the molecule is CCOc1ccc2ccccc2c1C(=O)N[C@@H](Cc1ccc(CS(=O)(=O)O)cc1)C(=O)NCC(=O)N1CCCC1C. The highest BCUT2D eigenvalue weighted by Gasteiger charge is 2.28. The highest BCUT2D eigenvalue weighted by molar-refractivity contribution is 7.85. The molecule has 0 aliphatic carbocycles. The van der Waals surface area contributed by atoms with Gasteiger partial charge in [-0.05, 0) is 54.7 Å². The van der Waals surface area contributed by atoms with Gasteiger partial charge in [-0.1, -0.05) is 54.6 Å². The van der Waals surface area contributed by atoms with Gasteiger partial charge in [-0.15, -0.1) is 0 Å². The molecule has 0 spiro atoms. The smallest absolute Gasteiger partial charge is 0.269 e. The van der Waals surface area contributed by atoms with Crippen molar-refractivity contribution in [1.29, 1.82) is 0 Å². The third-order valence-electron chi connectivity index (χ3n) is 7.14. The van der Waals surface area contributed by atoms with Gasteiger partial charge in [0.05, 0.1) is 18.7 Å². The quantitative estimate of drug-likeness (QED) is 0.296. The maximum absolute atomic E-state index is 13.7. The number of hydrogen-bond acceptors (Lipinski definition) is 6. The highest BCUT2D eigenvalue weighted by Crippen LogP contribution is 2.28. The molecular weight excluding hydrogens is 546 g/mol. The number of ether oxygens (including phenoxy) is 1. The van der Waals surface area contributed by atoms with E-state index in [0.29, 0.717) is 41.0 Å². The lowest BCUT2D eigenvalue weighted by atomic mass is 10.0. The number of amides is 3. The highest BCUT2D eigenvalue weighted by atomic mass is 32.2. The zero-order chi connectivity index (χ0) is 29.6. The largest absolute Gasteiger partial charge is 0.493 e. The fourth-order valence-electron chi connectivity index (χ4n) is 5.11. The third kappa shape index (κ3) is 7.83. The van der Waals surface area contributed by atoms with Gasteiger partial charge < -0.3 is 20.3 Å². The van der Waals surface area contributed by atoms with Crippen LogP contribution in [0.25, 0.3) is 10.8 Å². The molecule has 0 saturated carbocycles. The van der Waals surface area contributed by atoms with Gasteiger partial charge in [0.2, 0.25) is 11.8 Å². The summed E-state index contributed by atoms with van der Waals surface area (Å²) in [7, 11) is -4.20. The van der Waals surface area contributed by atoms with Crippen LogP contribution >= 0.6 is 0 Å². The van der Waals surface area contributed by atoms with E-state index in [1.807, 2.05) is 44.2 Å². The van der Waals surface area contributed by atoms with Gasteiger partial charge in [0, 0.05) is 19.0 Å². The van der Waals surface area contributed by atoms with Crippen molar-refractivity contribution < 1.29 is 32.1 Å². The van der Waals surface area contributed by atoms with E-state index < -0.39 is 33.7 Å². The number of hydrogen-bond donors (Lipinski definition) is 3. The summed E-state index contributed by atoms with van der Waals surface area (Å²) in [6.45, 7) is 4.59. The molecule has 0 bridgehead atoms. The van der Waals surface area contributed by atoms with Crippen LogP contribution < -0.4 is 15.4 Å². The number of carbonyl (C=O) groups excluding carboxylic acids is 3. The van der Waals surface area contributed by atoms with E-state index in [1.54, 1.807) is 23.1 Å². The summed E-state index contributed by atoms with van der Waals surface area (Å²) in [6, 6.07) is 16.4. The Hall–Kier alpha value is -3.96. The van der Waals surface area contributed by atoms with Crippen molar-refractivity contribution in [3.8, 4) is 5.75 Å². The first-order valence-electron chi connectivity index (χ1n) is 13.6. The van der Waals surface area contributed by atoms with Crippen molar-refractivity contribution in [1.82, 2.24) is 15.5 Å². The minimum Gasteiger partial charge on any atom is -0.493 e. The lowest BCUT2D eigenvalue weighted by molar-refractivity contribution is -0.133. The average Bonchev–Trinajstić information content (AvgIpc) is 3.37. The van der Waals surface area contributed by atoms with Crippen molar-refractivity contribution in [3.05, 3.63) is 77.4 Å². The molecule has 3 N–H and O–H groups in total. The Morgan fingerprint density at radius 3 is 2.41 bits per heavy atom. The summed E-state index contributed by atoms with van der Waals surface area (Å²) in [6.07, 6.45) is 1.91. The minimum atomic E-state index is -4.20. The van der Waals surface area contributed by atoms with Crippen LogP contribution in [0.2, 0.25) is 0 Å². The van der Waals surface area contributed by atoms with Gasteiger partial charge >= 0.3 is 0 Å². The predicted molar refractivity (Wildman–Crippen MR) is 155 cm³/mol. The third-order valence-corrected chi connectivity index (χ3v) is 7.84.